The number of methoxy groups -OCH3 is 1. The first-order chi connectivity index (χ1) is 10.0. The number of carbonyl (C=O) groups is 1. The van der Waals surface area contributed by atoms with Gasteiger partial charge in [0.15, 0.2) is 5.78 Å². The van der Waals surface area contributed by atoms with Gasteiger partial charge in [0.05, 0.1) is 18.1 Å². The van der Waals surface area contributed by atoms with Crippen molar-refractivity contribution in [2.45, 2.75) is 6.92 Å². The Hall–Kier alpha value is -2.96. The van der Waals surface area contributed by atoms with Crippen LogP contribution < -0.4 is 9.47 Å². The highest BCUT2D eigenvalue weighted by Gasteiger charge is 2.17. The third kappa shape index (κ3) is 3.33. The SMILES string of the molecule is COc1ccc(Oc2ccc(C(C)=O)cn2)c([N+](=O)[O-])c1. The van der Waals surface area contributed by atoms with Crippen LogP contribution in [0.25, 0.3) is 0 Å². The number of hydrogen-bond acceptors (Lipinski definition) is 6. The van der Waals surface area contributed by atoms with Crippen molar-refractivity contribution in [1.29, 1.82) is 0 Å². The number of pyridine rings is 1. The summed E-state index contributed by atoms with van der Waals surface area (Å²) in [6.07, 6.45) is 1.35. The number of rotatable bonds is 5. The fourth-order valence-electron chi connectivity index (χ4n) is 1.61. The van der Waals surface area contributed by atoms with Crippen LogP contribution in [0.15, 0.2) is 36.5 Å². The lowest BCUT2D eigenvalue weighted by Crippen LogP contribution is -1.97. The summed E-state index contributed by atoms with van der Waals surface area (Å²) in [7, 11) is 1.42. The van der Waals surface area contributed by atoms with Gasteiger partial charge < -0.3 is 9.47 Å². The number of benzene rings is 1. The summed E-state index contributed by atoms with van der Waals surface area (Å²) in [5, 5.41) is 11.0. The summed E-state index contributed by atoms with van der Waals surface area (Å²) in [5.41, 5.74) is 0.207. The van der Waals surface area contributed by atoms with Crippen molar-refractivity contribution in [2.75, 3.05) is 7.11 Å². The molecule has 0 radical (unpaired) electrons. The molecule has 1 aromatic carbocycles. The molecule has 0 aliphatic rings. The highest BCUT2D eigenvalue weighted by atomic mass is 16.6. The number of carbonyl (C=O) groups excluding carboxylic acids is 1. The van der Waals surface area contributed by atoms with E-state index >= 15 is 0 Å². The predicted molar refractivity (Wildman–Crippen MR) is 74.0 cm³/mol. The zero-order valence-corrected chi connectivity index (χ0v) is 11.4. The van der Waals surface area contributed by atoms with Crippen LogP contribution in [0.4, 0.5) is 5.69 Å². The highest BCUT2D eigenvalue weighted by Crippen LogP contribution is 2.33. The lowest BCUT2D eigenvalue weighted by molar-refractivity contribution is -0.385. The molecule has 0 saturated heterocycles. The lowest BCUT2D eigenvalue weighted by atomic mass is 10.2. The van der Waals surface area contributed by atoms with Crippen molar-refractivity contribution in [3.05, 3.63) is 52.2 Å². The Morgan fingerprint density at radius 2 is 2.05 bits per heavy atom. The molecule has 0 saturated carbocycles. The summed E-state index contributed by atoms with van der Waals surface area (Å²) in [6.45, 7) is 1.42. The smallest absolute Gasteiger partial charge is 0.315 e. The van der Waals surface area contributed by atoms with Gasteiger partial charge in [0.2, 0.25) is 11.6 Å². The number of ether oxygens (including phenoxy) is 2. The number of aromatic nitrogens is 1. The molecule has 7 nitrogen and oxygen atoms in total. The summed E-state index contributed by atoms with van der Waals surface area (Å²) in [5.74, 6) is 0.440. The van der Waals surface area contributed by atoms with Gasteiger partial charge in [-0.1, -0.05) is 0 Å². The van der Waals surface area contributed by atoms with Gasteiger partial charge in [-0.3, -0.25) is 14.9 Å². The van der Waals surface area contributed by atoms with Crippen LogP contribution in [0.3, 0.4) is 0 Å². The zero-order valence-electron chi connectivity index (χ0n) is 11.4. The number of hydrogen-bond donors (Lipinski definition) is 0. The monoisotopic (exact) mass is 288 g/mol. The quantitative estimate of drug-likeness (QED) is 0.477. The minimum atomic E-state index is -0.568. The van der Waals surface area contributed by atoms with E-state index in [-0.39, 0.29) is 23.1 Å². The second-order valence-corrected chi connectivity index (χ2v) is 4.13. The van der Waals surface area contributed by atoms with Crippen LogP contribution in [-0.4, -0.2) is 22.8 Å². The van der Waals surface area contributed by atoms with Crippen molar-refractivity contribution in [3.63, 3.8) is 0 Å². The van der Waals surface area contributed by atoms with Crippen molar-refractivity contribution < 1.29 is 19.2 Å². The molecule has 108 valence electrons. The zero-order chi connectivity index (χ0) is 15.4. The van der Waals surface area contributed by atoms with E-state index in [0.29, 0.717) is 11.3 Å². The molecule has 0 fully saturated rings. The standard InChI is InChI=1S/C14H12N2O5/c1-9(17)10-3-6-14(15-8-10)21-13-5-4-11(20-2)7-12(13)16(18)19/h3-8H,1-2H3. The summed E-state index contributed by atoms with van der Waals surface area (Å²) in [6, 6.07) is 7.26. The van der Waals surface area contributed by atoms with Gasteiger partial charge in [0.1, 0.15) is 5.75 Å². The number of ketones is 1. The molecule has 0 spiro atoms. The largest absolute Gasteiger partial charge is 0.496 e. The van der Waals surface area contributed by atoms with Gasteiger partial charge in [0.25, 0.3) is 0 Å². The summed E-state index contributed by atoms with van der Waals surface area (Å²) >= 11 is 0. The molecule has 0 atom stereocenters. The van der Waals surface area contributed by atoms with E-state index in [2.05, 4.69) is 4.98 Å². The third-order valence-electron chi connectivity index (χ3n) is 2.72. The molecule has 0 N–H and O–H groups in total. The minimum absolute atomic E-state index is 0.0453. The fourth-order valence-corrected chi connectivity index (χ4v) is 1.61. The van der Waals surface area contributed by atoms with Gasteiger partial charge in [0, 0.05) is 17.8 Å². The predicted octanol–water partition coefficient (Wildman–Crippen LogP) is 2.99. The van der Waals surface area contributed by atoms with E-state index in [4.69, 9.17) is 9.47 Å². The average Bonchev–Trinajstić information content (AvgIpc) is 2.48. The molecule has 1 aromatic heterocycles. The Labute approximate surface area is 120 Å². The molecular weight excluding hydrogens is 276 g/mol. The Balaban J connectivity index is 2.30. The molecule has 0 bridgehead atoms. The highest BCUT2D eigenvalue weighted by molar-refractivity contribution is 5.93. The van der Waals surface area contributed by atoms with Gasteiger partial charge in [-0.15, -0.1) is 0 Å². The van der Waals surface area contributed by atoms with Gasteiger partial charge in [-0.05, 0) is 25.1 Å². The molecule has 0 aliphatic heterocycles. The molecule has 1 heterocycles. The second kappa shape index (κ2) is 6.00. The van der Waals surface area contributed by atoms with E-state index in [1.165, 1.54) is 38.4 Å². The Morgan fingerprint density at radius 1 is 1.29 bits per heavy atom. The summed E-state index contributed by atoms with van der Waals surface area (Å²) < 4.78 is 10.3. The van der Waals surface area contributed by atoms with E-state index in [1.807, 2.05) is 0 Å². The first-order valence-corrected chi connectivity index (χ1v) is 5.98. The maximum absolute atomic E-state index is 11.1. The molecule has 0 unspecified atom stereocenters. The Bertz CT molecular complexity index is 682. The van der Waals surface area contributed by atoms with Gasteiger partial charge in [-0.25, -0.2) is 4.98 Å². The van der Waals surface area contributed by atoms with Gasteiger partial charge in [-0.2, -0.15) is 0 Å². The first-order valence-electron chi connectivity index (χ1n) is 5.98. The average molecular weight is 288 g/mol. The number of Topliss-reactive ketones (excluding diaryl/α,β-unsaturated/α-hetero) is 1. The normalized spacial score (nSPS) is 10.0. The Kier molecular flexibility index (Phi) is 4.13. The first kappa shape index (κ1) is 14.4. The number of nitrogens with zero attached hydrogens (tertiary/aromatic N) is 2. The molecule has 7 heteroatoms. The van der Waals surface area contributed by atoms with Crippen LogP contribution in [0.5, 0.6) is 17.4 Å². The summed E-state index contributed by atoms with van der Waals surface area (Å²) in [4.78, 5) is 25.5. The van der Waals surface area contributed by atoms with Crippen LogP contribution in [0, 0.1) is 10.1 Å². The molecular formula is C14H12N2O5. The Morgan fingerprint density at radius 3 is 2.57 bits per heavy atom. The van der Waals surface area contributed by atoms with Crippen LogP contribution in [0.2, 0.25) is 0 Å². The van der Waals surface area contributed by atoms with E-state index in [9.17, 15) is 14.9 Å². The van der Waals surface area contributed by atoms with E-state index in [0.717, 1.165) is 0 Å². The van der Waals surface area contributed by atoms with Gasteiger partial charge >= 0.3 is 5.69 Å². The molecule has 2 aromatic rings. The molecule has 21 heavy (non-hydrogen) atoms. The van der Waals surface area contributed by atoms with E-state index < -0.39 is 4.92 Å². The van der Waals surface area contributed by atoms with Crippen LogP contribution in [-0.2, 0) is 0 Å². The maximum Gasteiger partial charge on any atom is 0.315 e. The topological polar surface area (TPSA) is 91.6 Å². The number of nitro benzene ring substituents is 1. The second-order valence-electron chi connectivity index (χ2n) is 4.13. The third-order valence-corrected chi connectivity index (χ3v) is 2.72. The minimum Gasteiger partial charge on any atom is -0.496 e. The number of nitro groups is 1. The maximum atomic E-state index is 11.1. The fraction of sp³-hybridized carbons (Fsp3) is 0.143. The van der Waals surface area contributed by atoms with Crippen molar-refractivity contribution in [3.8, 4) is 17.4 Å². The molecule has 0 amide bonds. The van der Waals surface area contributed by atoms with Crippen LogP contribution >= 0.6 is 0 Å². The lowest BCUT2D eigenvalue weighted by Gasteiger charge is -2.07. The van der Waals surface area contributed by atoms with Crippen LogP contribution in [0.1, 0.15) is 17.3 Å². The molecule has 2 rings (SSSR count). The van der Waals surface area contributed by atoms with Crippen molar-refractivity contribution in [1.82, 2.24) is 4.98 Å². The molecule has 0 aliphatic carbocycles. The van der Waals surface area contributed by atoms with Crippen molar-refractivity contribution in [2.24, 2.45) is 0 Å². The van der Waals surface area contributed by atoms with E-state index in [1.54, 1.807) is 12.1 Å². The van der Waals surface area contributed by atoms with Crippen molar-refractivity contribution >= 4 is 11.5 Å².